The van der Waals surface area contributed by atoms with Crippen LogP contribution in [0.25, 0.3) is 0 Å². The van der Waals surface area contributed by atoms with Crippen LogP contribution in [0.3, 0.4) is 0 Å². The number of hydrogen-bond acceptors (Lipinski definition) is 6. The highest BCUT2D eigenvalue weighted by Crippen LogP contribution is 2.29. The normalized spacial score (nSPS) is 18.0. The summed E-state index contributed by atoms with van der Waals surface area (Å²) in [6, 6.07) is 20.4. The summed E-state index contributed by atoms with van der Waals surface area (Å²) in [5.74, 6) is -0.374. The van der Waals surface area contributed by atoms with Gasteiger partial charge in [0.05, 0.1) is 23.9 Å². The Labute approximate surface area is 235 Å². The topological polar surface area (TPSA) is 82.8 Å². The molecule has 1 unspecified atom stereocenters. The lowest BCUT2D eigenvalue weighted by atomic mass is 9.99. The summed E-state index contributed by atoms with van der Waals surface area (Å²) in [7, 11) is 0. The predicted molar refractivity (Wildman–Crippen MR) is 156 cm³/mol. The number of aryl methyl sites for hydroxylation is 2. The van der Waals surface area contributed by atoms with Crippen molar-refractivity contribution < 1.29 is 14.3 Å². The van der Waals surface area contributed by atoms with Crippen LogP contribution < -0.4 is 15.1 Å². The molecule has 0 aromatic heterocycles. The number of aliphatic hydroxyl groups excluding tert-OH is 1. The Kier molecular flexibility index (Phi) is 8.22. The lowest BCUT2D eigenvalue weighted by molar-refractivity contribution is 0.0698. The Morgan fingerprint density at radius 1 is 1.02 bits per heavy atom. The Morgan fingerprint density at radius 2 is 1.80 bits per heavy atom. The maximum Gasteiger partial charge on any atom is 0.254 e. The number of nitriles is 1. The molecule has 2 aliphatic heterocycles. The molecule has 8 heteroatoms. The van der Waals surface area contributed by atoms with Crippen LogP contribution in [0.1, 0.15) is 39.9 Å². The van der Waals surface area contributed by atoms with E-state index in [4.69, 9.17) is 0 Å². The van der Waals surface area contributed by atoms with Crippen molar-refractivity contribution in [3.63, 3.8) is 0 Å². The smallest absolute Gasteiger partial charge is 0.254 e. The van der Waals surface area contributed by atoms with Crippen molar-refractivity contribution in [1.82, 2.24) is 4.90 Å². The van der Waals surface area contributed by atoms with Crippen LogP contribution in [0.5, 0.6) is 0 Å². The third kappa shape index (κ3) is 5.75. The number of aliphatic hydroxyl groups is 1. The maximum atomic E-state index is 13.8. The van der Waals surface area contributed by atoms with Crippen LogP contribution in [0.15, 0.2) is 60.7 Å². The number of rotatable bonds is 6. The predicted octanol–water partition coefficient (Wildman–Crippen LogP) is 4.72. The lowest BCUT2D eigenvalue weighted by Gasteiger charge is -2.42. The lowest BCUT2D eigenvalue weighted by Crippen LogP contribution is -2.56. The van der Waals surface area contributed by atoms with Crippen molar-refractivity contribution >= 4 is 23.0 Å². The van der Waals surface area contributed by atoms with Crippen LogP contribution in [0, 0.1) is 31.0 Å². The fourth-order valence-electron chi connectivity index (χ4n) is 5.93. The summed E-state index contributed by atoms with van der Waals surface area (Å²) < 4.78 is 13.8. The average molecular weight is 542 g/mol. The number of halogens is 1. The molecule has 0 bridgehead atoms. The number of nitrogens with zero attached hydrogens (tertiary/aromatic N) is 4. The fourth-order valence-corrected chi connectivity index (χ4v) is 5.93. The van der Waals surface area contributed by atoms with Crippen LogP contribution in [-0.4, -0.2) is 67.3 Å². The van der Waals surface area contributed by atoms with Crippen LogP contribution >= 0.6 is 0 Å². The molecule has 3 aromatic carbocycles. The zero-order valence-electron chi connectivity index (χ0n) is 23.1. The Bertz CT molecular complexity index is 1410. The SMILES string of the molecule is Cc1cc(C)c(C(=O)N2CCN(c3cccc(F)c3)C(CO)C2)cc1NC1CCN(c2ccccc2C#N)CC1. The van der Waals surface area contributed by atoms with Crippen molar-refractivity contribution in [3.8, 4) is 6.07 Å². The highest BCUT2D eigenvalue weighted by Gasteiger charge is 2.31. The van der Waals surface area contributed by atoms with E-state index in [-0.39, 0.29) is 30.4 Å². The zero-order chi connectivity index (χ0) is 28.2. The standard InChI is InChI=1S/C32H36FN5O2/c1-22-16-23(2)30(35-26-10-12-36(13-11-26)31-9-4-3-6-24(31)19-34)18-29(22)32(40)37-14-15-38(28(20-37)21-39)27-8-5-7-25(33)17-27/h3-9,16-18,26,28,35,39H,10-15,20-21H2,1-2H3. The number of amides is 1. The summed E-state index contributed by atoms with van der Waals surface area (Å²) in [5.41, 5.74) is 6.03. The monoisotopic (exact) mass is 541 g/mol. The van der Waals surface area contributed by atoms with Gasteiger partial charge in [0, 0.05) is 55.7 Å². The first-order valence-electron chi connectivity index (χ1n) is 13.9. The number of benzene rings is 3. The highest BCUT2D eigenvalue weighted by atomic mass is 19.1. The maximum absolute atomic E-state index is 13.8. The summed E-state index contributed by atoms with van der Waals surface area (Å²) in [4.78, 5) is 19.7. The number of anilines is 3. The summed E-state index contributed by atoms with van der Waals surface area (Å²) in [6.45, 7) is 6.97. The van der Waals surface area contributed by atoms with Crippen molar-refractivity contribution in [2.45, 2.75) is 38.8 Å². The molecule has 2 aliphatic rings. The Morgan fingerprint density at radius 3 is 2.52 bits per heavy atom. The van der Waals surface area contributed by atoms with E-state index in [2.05, 4.69) is 29.3 Å². The van der Waals surface area contributed by atoms with Crippen molar-refractivity contribution in [2.75, 3.05) is 54.4 Å². The molecular formula is C32H36FN5O2. The second-order valence-corrected chi connectivity index (χ2v) is 10.8. The largest absolute Gasteiger partial charge is 0.394 e. The summed E-state index contributed by atoms with van der Waals surface area (Å²) >= 11 is 0. The van der Waals surface area contributed by atoms with Gasteiger partial charge in [0.25, 0.3) is 5.91 Å². The molecule has 2 fully saturated rings. The van der Waals surface area contributed by atoms with E-state index in [1.807, 2.05) is 48.2 Å². The van der Waals surface area contributed by atoms with E-state index in [9.17, 15) is 19.6 Å². The van der Waals surface area contributed by atoms with E-state index in [1.54, 1.807) is 11.0 Å². The van der Waals surface area contributed by atoms with Gasteiger partial charge >= 0.3 is 0 Å². The van der Waals surface area contributed by atoms with Gasteiger partial charge in [-0.15, -0.1) is 0 Å². The first kappa shape index (κ1) is 27.5. The third-order valence-electron chi connectivity index (χ3n) is 8.14. The summed E-state index contributed by atoms with van der Waals surface area (Å²) in [5, 5.41) is 23.2. The number of carbonyl (C=O) groups is 1. The van der Waals surface area contributed by atoms with Crippen molar-refractivity contribution in [3.05, 3.63) is 88.7 Å². The van der Waals surface area contributed by atoms with Crippen LogP contribution in [0.2, 0.25) is 0 Å². The minimum Gasteiger partial charge on any atom is -0.394 e. The molecule has 5 rings (SSSR count). The third-order valence-corrected chi connectivity index (χ3v) is 8.14. The fraction of sp³-hybridized carbons (Fsp3) is 0.375. The van der Waals surface area contributed by atoms with E-state index < -0.39 is 0 Å². The number of hydrogen-bond donors (Lipinski definition) is 2. The molecule has 2 heterocycles. The van der Waals surface area contributed by atoms with Gasteiger partial charge in [0.1, 0.15) is 11.9 Å². The Balaban J connectivity index is 1.26. The molecule has 0 aliphatic carbocycles. The van der Waals surface area contributed by atoms with Gasteiger partial charge in [0.2, 0.25) is 0 Å². The van der Waals surface area contributed by atoms with Gasteiger partial charge in [-0.25, -0.2) is 4.39 Å². The highest BCUT2D eigenvalue weighted by molar-refractivity contribution is 5.97. The molecule has 7 nitrogen and oxygen atoms in total. The molecule has 1 atom stereocenters. The molecule has 2 N–H and O–H groups in total. The number of para-hydroxylation sites is 1. The number of piperazine rings is 1. The molecule has 3 aromatic rings. The van der Waals surface area contributed by atoms with Crippen molar-refractivity contribution in [2.24, 2.45) is 0 Å². The van der Waals surface area contributed by atoms with E-state index >= 15 is 0 Å². The van der Waals surface area contributed by atoms with Gasteiger partial charge in [-0.05, 0) is 74.2 Å². The average Bonchev–Trinajstić information content (AvgIpc) is 2.98. The van der Waals surface area contributed by atoms with Crippen LogP contribution in [-0.2, 0) is 0 Å². The van der Waals surface area contributed by atoms with Gasteiger partial charge < -0.3 is 25.1 Å². The van der Waals surface area contributed by atoms with E-state index in [0.29, 0.717) is 36.4 Å². The summed E-state index contributed by atoms with van der Waals surface area (Å²) in [6.07, 6.45) is 1.85. The first-order chi connectivity index (χ1) is 19.4. The molecular weight excluding hydrogens is 505 g/mol. The molecule has 0 saturated carbocycles. The van der Waals surface area contributed by atoms with Gasteiger partial charge in [-0.3, -0.25) is 4.79 Å². The second kappa shape index (κ2) is 12.0. The van der Waals surface area contributed by atoms with E-state index in [0.717, 1.165) is 48.4 Å². The Hall–Kier alpha value is -4.09. The minimum atomic E-state index is -0.319. The quantitative estimate of drug-likeness (QED) is 0.470. The first-order valence-corrected chi connectivity index (χ1v) is 13.9. The van der Waals surface area contributed by atoms with Crippen LogP contribution in [0.4, 0.5) is 21.5 Å². The molecule has 1 amide bonds. The molecule has 0 radical (unpaired) electrons. The van der Waals surface area contributed by atoms with Gasteiger partial charge in [-0.2, -0.15) is 5.26 Å². The van der Waals surface area contributed by atoms with Crippen molar-refractivity contribution in [1.29, 1.82) is 5.26 Å². The number of nitrogens with one attached hydrogen (secondary N) is 1. The van der Waals surface area contributed by atoms with Gasteiger partial charge in [-0.1, -0.05) is 24.3 Å². The number of piperidine rings is 1. The number of carbonyl (C=O) groups excluding carboxylic acids is 1. The molecule has 208 valence electrons. The molecule has 40 heavy (non-hydrogen) atoms. The molecule has 0 spiro atoms. The second-order valence-electron chi connectivity index (χ2n) is 10.8. The van der Waals surface area contributed by atoms with Gasteiger partial charge in [0.15, 0.2) is 0 Å². The minimum absolute atomic E-state index is 0.0548. The molecule has 2 saturated heterocycles. The zero-order valence-corrected chi connectivity index (χ0v) is 23.1. The van der Waals surface area contributed by atoms with E-state index in [1.165, 1.54) is 12.1 Å².